The molecule has 0 fully saturated rings. The SMILES string of the molecule is CCc1ccc(-c2ccc(S(=O)(=O)N(CC(=O)NO[Si](C)(C)C(C)(C)C)OC(C)C)s2)cc1. The second-order valence-electron chi connectivity index (χ2n) is 9.68. The maximum absolute atomic E-state index is 13.3. The van der Waals surface area contributed by atoms with Gasteiger partial charge in [0.2, 0.25) is 8.32 Å². The van der Waals surface area contributed by atoms with Crippen LogP contribution in [0.15, 0.2) is 40.6 Å². The molecule has 10 heteroatoms. The van der Waals surface area contributed by atoms with Gasteiger partial charge in [0.1, 0.15) is 10.8 Å². The molecule has 1 N–H and O–H groups in total. The standard InChI is InChI=1S/C23H36N2O5S2Si/c1-9-18-10-12-19(13-11-18)20-14-15-22(31-20)32(27,28)25(29-17(2)3)16-21(26)24-30-33(7,8)23(4,5)6/h10-15,17H,9,16H2,1-8H3,(H,24,26). The fourth-order valence-corrected chi connectivity index (χ4v) is 5.89. The Labute approximate surface area is 203 Å². The number of aryl methyl sites for hydroxylation is 1. The molecular formula is C23H36N2O5S2Si. The molecule has 0 saturated heterocycles. The first kappa shape index (κ1) is 27.7. The van der Waals surface area contributed by atoms with Gasteiger partial charge in [-0.05, 0) is 61.7 Å². The summed E-state index contributed by atoms with van der Waals surface area (Å²) in [4.78, 5) is 18.9. The van der Waals surface area contributed by atoms with E-state index in [1.54, 1.807) is 26.0 Å². The van der Waals surface area contributed by atoms with E-state index in [0.29, 0.717) is 0 Å². The van der Waals surface area contributed by atoms with Crippen molar-refractivity contribution in [3.63, 3.8) is 0 Å². The molecule has 0 saturated carbocycles. The second kappa shape index (κ2) is 10.8. The molecule has 0 bridgehead atoms. The lowest BCUT2D eigenvalue weighted by atomic mass is 10.1. The Bertz CT molecular complexity index is 1040. The fourth-order valence-electron chi connectivity index (χ4n) is 2.52. The first-order chi connectivity index (χ1) is 15.2. The number of carbonyl (C=O) groups excluding carboxylic acids is 1. The molecule has 33 heavy (non-hydrogen) atoms. The van der Waals surface area contributed by atoms with Crippen LogP contribution in [0.4, 0.5) is 0 Å². The number of hydroxylamine groups is 2. The van der Waals surface area contributed by atoms with E-state index in [2.05, 4.69) is 12.4 Å². The molecule has 2 rings (SSSR count). The zero-order valence-electron chi connectivity index (χ0n) is 20.8. The summed E-state index contributed by atoms with van der Waals surface area (Å²) < 4.78 is 33.2. The van der Waals surface area contributed by atoms with Crippen molar-refractivity contribution in [2.24, 2.45) is 0 Å². The molecule has 0 aliphatic heterocycles. The minimum atomic E-state index is -4.05. The van der Waals surface area contributed by atoms with Crippen LogP contribution in [0.1, 0.15) is 47.1 Å². The van der Waals surface area contributed by atoms with Gasteiger partial charge in [0, 0.05) is 4.88 Å². The van der Waals surface area contributed by atoms with Gasteiger partial charge in [-0.1, -0.05) is 56.4 Å². The predicted molar refractivity (Wildman–Crippen MR) is 136 cm³/mol. The Morgan fingerprint density at radius 2 is 1.73 bits per heavy atom. The van der Waals surface area contributed by atoms with Gasteiger partial charge in [-0.15, -0.1) is 11.3 Å². The number of hydrogen-bond donors (Lipinski definition) is 1. The van der Waals surface area contributed by atoms with Gasteiger partial charge in [-0.3, -0.25) is 9.63 Å². The highest BCUT2D eigenvalue weighted by atomic mass is 32.2. The summed E-state index contributed by atoms with van der Waals surface area (Å²) in [5, 5.41) is -0.108. The number of carbonyl (C=O) groups is 1. The lowest BCUT2D eigenvalue weighted by molar-refractivity contribution is -0.148. The van der Waals surface area contributed by atoms with Crippen LogP contribution in [0.2, 0.25) is 18.1 Å². The van der Waals surface area contributed by atoms with Crippen LogP contribution < -0.4 is 5.48 Å². The summed E-state index contributed by atoms with van der Waals surface area (Å²) in [6.07, 6.45) is 0.502. The maximum Gasteiger partial charge on any atom is 0.274 e. The van der Waals surface area contributed by atoms with Crippen LogP contribution >= 0.6 is 11.3 Å². The van der Waals surface area contributed by atoms with E-state index in [4.69, 9.17) is 9.36 Å². The van der Waals surface area contributed by atoms with Crippen LogP contribution in [-0.4, -0.2) is 39.8 Å². The highest BCUT2D eigenvalue weighted by Gasteiger charge is 2.39. The predicted octanol–water partition coefficient (Wildman–Crippen LogP) is 5.36. The number of benzene rings is 1. The summed E-state index contributed by atoms with van der Waals surface area (Å²) in [6, 6.07) is 11.3. The normalized spacial score (nSPS) is 13.0. The van der Waals surface area contributed by atoms with E-state index in [-0.39, 0.29) is 9.25 Å². The van der Waals surface area contributed by atoms with Gasteiger partial charge in [0.05, 0.1) is 6.10 Å². The number of thiophene rings is 1. The number of nitrogens with one attached hydrogen (secondary N) is 1. The molecule has 1 aromatic heterocycles. The fraction of sp³-hybridized carbons (Fsp3) is 0.522. The summed E-state index contributed by atoms with van der Waals surface area (Å²) >= 11 is 1.14. The van der Waals surface area contributed by atoms with Crippen molar-refractivity contribution >= 4 is 35.6 Å². The minimum Gasteiger partial charge on any atom is -0.319 e. The third-order valence-electron chi connectivity index (χ3n) is 5.58. The Kier molecular flexibility index (Phi) is 9.05. The summed E-state index contributed by atoms with van der Waals surface area (Å²) in [7, 11) is -6.29. The molecule has 1 amide bonds. The lowest BCUT2D eigenvalue weighted by Crippen LogP contribution is -2.49. The van der Waals surface area contributed by atoms with Crippen LogP contribution in [-0.2, 0) is 30.6 Å². The molecular weight excluding hydrogens is 476 g/mol. The van der Waals surface area contributed by atoms with E-state index in [1.165, 1.54) is 5.56 Å². The highest BCUT2D eigenvalue weighted by Crippen LogP contribution is 2.36. The number of hydrogen-bond acceptors (Lipinski definition) is 6. The second-order valence-corrected chi connectivity index (χ2v) is 17.5. The molecule has 0 aliphatic carbocycles. The van der Waals surface area contributed by atoms with Crippen molar-refractivity contribution in [1.29, 1.82) is 0 Å². The van der Waals surface area contributed by atoms with Gasteiger partial charge < -0.3 is 4.53 Å². The monoisotopic (exact) mass is 512 g/mol. The maximum atomic E-state index is 13.3. The Hall–Kier alpha value is -1.56. The molecule has 7 nitrogen and oxygen atoms in total. The number of rotatable bonds is 10. The molecule has 1 aromatic carbocycles. The van der Waals surface area contributed by atoms with Crippen LogP contribution in [0, 0.1) is 0 Å². The first-order valence-electron chi connectivity index (χ1n) is 11.0. The van der Waals surface area contributed by atoms with Crippen LogP contribution in [0.3, 0.4) is 0 Å². The van der Waals surface area contributed by atoms with Gasteiger partial charge >= 0.3 is 0 Å². The van der Waals surface area contributed by atoms with Crippen molar-refractivity contribution in [2.75, 3.05) is 6.54 Å². The van der Waals surface area contributed by atoms with E-state index >= 15 is 0 Å². The Balaban J connectivity index is 2.21. The number of sulfonamides is 1. The van der Waals surface area contributed by atoms with Gasteiger partial charge in [0.15, 0.2) is 0 Å². The van der Waals surface area contributed by atoms with E-state index < -0.39 is 36.9 Å². The number of amides is 1. The lowest BCUT2D eigenvalue weighted by Gasteiger charge is -2.35. The Morgan fingerprint density at radius 3 is 2.24 bits per heavy atom. The third-order valence-corrected chi connectivity index (χ3v) is 13.0. The largest absolute Gasteiger partial charge is 0.319 e. The quantitative estimate of drug-likeness (QED) is 0.342. The third kappa shape index (κ3) is 7.21. The molecule has 184 valence electrons. The molecule has 0 spiro atoms. The smallest absolute Gasteiger partial charge is 0.274 e. The van der Waals surface area contributed by atoms with Crippen LogP contribution in [0.25, 0.3) is 10.4 Å². The molecule has 0 unspecified atom stereocenters. The van der Waals surface area contributed by atoms with Gasteiger partial charge in [0.25, 0.3) is 15.9 Å². The average Bonchev–Trinajstić information content (AvgIpc) is 3.22. The van der Waals surface area contributed by atoms with Crippen LogP contribution in [0.5, 0.6) is 0 Å². The van der Waals surface area contributed by atoms with Crippen molar-refractivity contribution in [1.82, 2.24) is 9.95 Å². The van der Waals surface area contributed by atoms with Crippen molar-refractivity contribution in [3.05, 3.63) is 42.0 Å². The van der Waals surface area contributed by atoms with E-state index in [0.717, 1.165) is 32.7 Å². The molecule has 1 heterocycles. The van der Waals surface area contributed by atoms with Gasteiger partial charge in [-0.25, -0.2) is 13.9 Å². The summed E-state index contributed by atoms with van der Waals surface area (Å²) in [5.74, 6) is -0.587. The Morgan fingerprint density at radius 1 is 1.12 bits per heavy atom. The molecule has 0 aliphatic rings. The highest BCUT2D eigenvalue weighted by molar-refractivity contribution is 7.91. The van der Waals surface area contributed by atoms with Crippen molar-refractivity contribution in [3.8, 4) is 10.4 Å². The number of nitrogens with zero attached hydrogens (tertiary/aromatic N) is 1. The van der Waals surface area contributed by atoms with E-state index in [9.17, 15) is 13.2 Å². The first-order valence-corrected chi connectivity index (χ1v) is 16.2. The minimum absolute atomic E-state index is 0.107. The summed E-state index contributed by atoms with van der Waals surface area (Å²) in [5.41, 5.74) is 4.59. The van der Waals surface area contributed by atoms with Crippen molar-refractivity contribution < 1.29 is 22.6 Å². The molecule has 2 aromatic rings. The zero-order chi connectivity index (χ0) is 25.0. The average molecular weight is 513 g/mol. The van der Waals surface area contributed by atoms with E-state index in [1.807, 2.05) is 58.1 Å². The summed E-state index contributed by atoms with van der Waals surface area (Å²) in [6.45, 7) is 15.1. The zero-order valence-corrected chi connectivity index (χ0v) is 23.4. The van der Waals surface area contributed by atoms with Crippen molar-refractivity contribution in [2.45, 2.75) is 76.4 Å². The topological polar surface area (TPSA) is 84.9 Å². The molecule has 0 atom stereocenters. The van der Waals surface area contributed by atoms with Gasteiger partial charge in [-0.2, -0.15) is 0 Å². The molecule has 0 radical (unpaired) electrons.